The van der Waals surface area contributed by atoms with E-state index in [1.165, 1.54) is 0 Å². The smallest absolute Gasteiger partial charge is 0.0960 e. The number of nitrogens with one attached hydrogen (secondary N) is 1. The van der Waals surface area contributed by atoms with Gasteiger partial charge >= 0.3 is 0 Å². The Kier molecular flexibility index (Phi) is 4.92. The molecule has 0 aliphatic carbocycles. The van der Waals surface area contributed by atoms with Crippen LogP contribution in [0.2, 0.25) is 0 Å². The summed E-state index contributed by atoms with van der Waals surface area (Å²) in [7, 11) is 0. The van der Waals surface area contributed by atoms with E-state index in [0.29, 0.717) is 13.1 Å². The van der Waals surface area contributed by atoms with Crippen LogP contribution in [0.3, 0.4) is 0 Å². The molecule has 0 aromatic carbocycles. The van der Waals surface area contributed by atoms with Gasteiger partial charge in [-0.2, -0.15) is 0 Å². The lowest BCUT2D eigenvalue weighted by molar-refractivity contribution is -0.0406. The number of aliphatic hydroxyl groups is 2. The minimum absolute atomic E-state index is 0. The minimum Gasteiger partial charge on any atom is -0.390 e. The van der Waals surface area contributed by atoms with Crippen LogP contribution in [0.1, 0.15) is 0 Å². The molecule has 0 aromatic heterocycles. The van der Waals surface area contributed by atoms with Gasteiger partial charge in [-0.1, -0.05) is 0 Å². The third kappa shape index (κ3) is 2.56. The molecule has 5 heteroatoms. The second-order valence-electron chi connectivity index (χ2n) is 2.63. The topological polar surface area (TPSA) is 52.5 Å². The molecule has 1 aliphatic heterocycles. The van der Waals surface area contributed by atoms with Gasteiger partial charge in [0, 0.05) is 19.0 Å². The van der Waals surface area contributed by atoms with Gasteiger partial charge in [-0.25, -0.2) is 0 Å². The first-order chi connectivity index (χ1) is 4.75. The highest BCUT2D eigenvalue weighted by Crippen LogP contribution is 2.11. The summed E-state index contributed by atoms with van der Waals surface area (Å²) < 4.78 is 12.0. The van der Waals surface area contributed by atoms with Crippen LogP contribution in [0.5, 0.6) is 0 Å². The molecule has 0 saturated carbocycles. The summed E-state index contributed by atoms with van der Waals surface area (Å²) in [4.78, 5) is 0. The minimum atomic E-state index is -0.897. The molecule has 3 nitrogen and oxygen atoms in total. The van der Waals surface area contributed by atoms with Gasteiger partial charge < -0.3 is 15.5 Å². The van der Waals surface area contributed by atoms with Crippen molar-refractivity contribution < 1.29 is 14.6 Å². The third-order valence-electron chi connectivity index (χ3n) is 1.84. The summed E-state index contributed by atoms with van der Waals surface area (Å²) in [6, 6.07) is 0. The Labute approximate surface area is 71.0 Å². The van der Waals surface area contributed by atoms with Crippen LogP contribution in [-0.2, 0) is 0 Å². The molecular weight excluding hydrogens is 173 g/mol. The maximum atomic E-state index is 12.0. The molecule has 1 saturated heterocycles. The zero-order valence-corrected chi connectivity index (χ0v) is 6.85. The highest BCUT2D eigenvalue weighted by atomic mass is 35.5. The Hall–Kier alpha value is 0.1000. The van der Waals surface area contributed by atoms with Crippen molar-refractivity contribution >= 4 is 12.4 Å². The first kappa shape index (κ1) is 11.1. The van der Waals surface area contributed by atoms with Crippen molar-refractivity contribution in [3.05, 3.63) is 0 Å². The predicted molar refractivity (Wildman–Crippen MR) is 41.6 cm³/mol. The third-order valence-corrected chi connectivity index (χ3v) is 1.84. The molecule has 3 unspecified atom stereocenters. The van der Waals surface area contributed by atoms with Crippen molar-refractivity contribution in [2.24, 2.45) is 5.92 Å². The van der Waals surface area contributed by atoms with Gasteiger partial charge in [0.2, 0.25) is 0 Å². The fourth-order valence-electron chi connectivity index (χ4n) is 1.12. The van der Waals surface area contributed by atoms with Crippen molar-refractivity contribution in [1.29, 1.82) is 0 Å². The normalized spacial score (nSPS) is 37.9. The van der Waals surface area contributed by atoms with E-state index in [1.807, 2.05) is 0 Å². The molecular formula is C6H13ClFNO2. The molecule has 1 fully saturated rings. The van der Waals surface area contributed by atoms with Gasteiger partial charge in [0.25, 0.3) is 0 Å². The molecule has 0 bridgehead atoms. The number of hydrogen-bond acceptors (Lipinski definition) is 3. The number of β-amino-alcohol motifs (C(OH)–C–C–N with tert-alkyl or cyclic N) is 1. The summed E-state index contributed by atoms with van der Waals surface area (Å²) in [5.74, 6) is -0.441. The SMILES string of the molecule is Cl.OC1CNCC(CF)C1O. The van der Waals surface area contributed by atoms with E-state index >= 15 is 0 Å². The first-order valence-corrected chi connectivity index (χ1v) is 3.38. The lowest BCUT2D eigenvalue weighted by atomic mass is 9.95. The van der Waals surface area contributed by atoms with Crippen molar-refractivity contribution in [1.82, 2.24) is 5.32 Å². The van der Waals surface area contributed by atoms with Crippen molar-refractivity contribution in [2.75, 3.05) is 19.8 Å². The van der Waals surface area contributed by atoms with Crippen LogP contribution in [-0.4, -0.2) is 42.2 Å². The second kappa shape index (κ2) is 4.87. The number of hydrogen-bond donors (Lipinski definition) is 3. The average molecular weight is 186 g/mol. The van der Waals surface area contributed by atoms with E-state index in [9.17, 15) is 4.39 Å². The molecule has 1 aliphatic rings. The highest BCUT2D eigenvalue weighted by Gasteiger charge is 2.29. The average Bonchev–Trinajstić information content (AvgIpc) is 1.95. The number of piperidine rings is 1. The lowest BCUT2D eigenvalue weighted by Gasteiger charge is -2.30. The molecule has 3 atom stereocenters. The number of aliphatic hydroxyl groups excluding tert-OH is 2. The monoisotopic (exact) mass is 185 g/mol. The van der Waals surface area contributed by atoms with Crippen LogP contribution in [0.4, 0.5) is 4.39 Å². The number of rotatable bonds is 1. The standard InChI is InChI=1S/C6H12FNO2.ClH/c7-1-4-2-8-3-5(9)6(4)10;/h4-6,8-10H,1-3H2;1H. The number of alkyl halides is 1. The van der Waals surface area contributed by atoms with Gasteiger partial charge in [0.1, 0.15) is 0 Å². The molecule has 3 N–H and O–H groups in total. The Morgan fingerprint density at radius 1 is 1.36 bits per heavy atom. The van der Waals surface area contributed by atoms with E-state index in [4.69, 9.17) is 10.2 Å². The Balaban J connectivity index is 0.000001000. The second-order valence-corrected chi connectivity index (χ2v) is 2.63. The van der Waals surface area contributed by atoms with Gasteiger partial charge in [-0.15, -0.1) is 12.4 Å². The first-order valence-electron chi connectivity index (χ1n) is 3.38. The molecule has 0 spiro atoms. The van der Waals surface area contributed by atoms with Crippen LogP contribution >= 0.6 is 12.4 Å². The Morgan fingerprint density at radius 2 is 2.00 bits per heavy atom. The van der Waals surface area contributed by atoms with Gasteiger partial charge in [0.05, 0.1) is 18.9 Å². The molecule has 0 radical (unpaired) electrons. The Morgan fingerprint density at radius 3 is 2.45 bits per heavy atom. The summed E-state index contributed by atoms with van der Waals surface area (Å²) in [5.41, 5.74) is 0. The summed E-state index contributed by atoms with van der Waals surface area (Å²) >= 11 is 0. The molecule has 1 rings (SSSR count). The van der Waals surface area contributed by atoms with Gasteiger partial charge in [-0.05, 0) is 0 Å². The van der Waals surface area contributed by atoms with E-state index in [2.05, 4.69) is 5.32 Å². The highest BCUT2D eigenvalue weighted by molar-refractivity contribution is 5.85. The fraction of sp³-hybridized carbons (Fsp3) is 1.00. The zero-order chi connectivity index (χ0) is 7.56. The summed E-state index contributed by atoms with van der Waals surface area (Å²) in [6.45, 7) is 0.234. The van der Waals surface area contributed by atoms with Crippen molar-refractivity contribution in [3.8, 4) is 0 Å². The molecule has 68 valence electrons. The largest absolute Gasteiger partial charge is 0.390 e. The fourth-order valence-corrected chi connectivity index (χ4v) is 1.12. The van der Waals surface area contributed by atoms with Crippen molar-refractivity contribution in [2.45, 2.75) is 12.2 Å². The quantitative estimate of drug-likeness (QED) is 0.508. The Bertz CT molecular complexity index is 117. The molecule has 0 aromatic rings. The molecule has 0 amide bonds. The van der Waals surface area contributed by atoms with E-state index in [-0.39, 0.29) is 12.4 Å². The van der Waals surface area contributed by atoms with E-state index < -0.39 is 24.8 Å². The zero-order valence-electron chi connectivity index (χ0n) is 6.03. The van der Waals surface area contributed by atoms with E-state index in [1.54, 1.807) is 0 Å². The summed E-state index contributed by atoms with van der Waals surface area (Å²) in [5, 5.41) is 20.9. The van der Waals surface area contributed by atoms with Crippen LogP contribution in [0.25, 0.3) is 0 Å². The van der Waals surface area contributed by atoms with Gasteiger partial charge in [-0.3, -0.25) is 4.39 Å². The maximum Gasteiger partial charge on any atom is 0.0960 e. The lowest BCUT2D eigenvalue weighted by Crippen LogP contribution is -2.51. The van der Waals surface area contributed by atoms with E-state index in [0.717, 1.165) is 0 Å². The maximum absolute atomic E-state index is 12.0. The van der Waals surface area contributed by atoms with Crippen LogP contribution in [0, 0.1) is 5.92 Å². The van der Waals surface area contributed by atoms with Crippen LogP contribution < -0.4 is 5.32 Å². The predicted octanol–water partition coefficient (Wildman–Crippen LogP) is -0.681. The molecule has 11 heavy (non-hydrogen) atoms. The van der Waals surface area contributed by atoms with Crippen LogP contribution in [0.15, 0.2) is 0 Å². The van der Waals surface area contributed by atoms with Gasteiger partial charge in [0.15, 0.2) is 0 Å². The van der Waals surface area contributed by atoms with Crippen molar-refractivity contribution in [3.63, 3.8) is 0 Å². The summed E-state index contributed by atoms with van der Waals surface area (Å²) in [6.07, 6.45) is -1.71. The molecule has 1 heterocycles. The number of halogens is 2.